The van der Waals surface area contributed by atoms with Crippen molar-refractivity contribution in [3.63, 3.8) is 0 Å². The Labute approximate surface area is 168 Å². The highest BCUT2D eigenvalue weighted by Crippen LogP contribution is 2.42. The lowest BCUT2D eigenvalue weighted by molar-refractivity contribution is 0.0634. The quantitative estimate of drug-likeness (QED) is 0.696. The Bertz CT molecular complexity index is 1120. The number of nitrogens with zero attached hydrogens (tertiary/aromatic N) is 1. The van der Waals surface area contributed by atoms with Gasteiger partial charge in [-0.3, -0.25) is 19.3 Å². The maximum Gasteiger partial charge on any atom is 0.261 e. The fraction of sp³-hybridized carbons (Fsp3) is 0.125. The monoisotopic (exact) mass is 382 g/mol. The zero-order chi connectivity index (χ0) is 20.0. The molecular formula is C24H18N2O3. The SMILES string of the molecule is O=C1c2ccccc2C(=O)N1CCC1(c2ccccc2)Nc2ccccc2C1=O. The van der Waals surface area contributed by atoms with E-state index >= 15 is 0 Å². The van der Waals surface area contributed by atoms with Crippen LogP contribution in [-0.4, -0.2) is 29.0 Å². The van der Waals surface area contributed by atoms with E-state index in [9.17, 15) is 14.4 Å². The topological polar surface area (TPSA) is 66.5 Å². The zero-order valence-electron chi connectivity index (χ0n) is 15.6. The molecule has 0 radical (unpaired) electrons. The van der Waals surface area contributed by atoms with Crippen molar-refractivity contribution in [2.75, 3.05) is 11.9 Å². The number of carbonyl (C=O) groups is 3. The van der Waals surface area contributed by atoms with Crippen molar-refractivity contribution in [1.82, 2.24) is 4.90 Å². The lowest BCUT2D eigenvalue weighted by atomic mass is 9.82. The third-order valence-corrected chi connectivity index (χ3v) is 5.76. The molecule has 2 aliphatic rings. The molecule has 0 saturated carbocycles. The van der Waals surface area contributed by atoms with Gasteiger partial charge >= 0.3 is 0 Å². The van der Waals surface area contributed by atoms with Crippen molar-refractivity contribution in [2.45, 2.75) is 12.0 Å². The minimum absolute atomic E-state index is 0.0455. The van der Waals surface area contributed by atoms with Crippen LogP contribution in [0, 0.1) is 0 Å². The number of carbonyl (C=O) groups excluding carboxylic acids is 3. The lowest BCUT2D eigenvalue weighted by Crippen LogP contribution is -2.43. The van der Waals surface area contributed by atoms with Gasteiger partial charge < -0.3 is 5.32 Å². The first-order valence-corrected chi connectivity index (χ1v) is 9.54. The third kappa shape index (κ3) is 2.51. The van der Waals surface area contributed by atoms with Gasteiger partial charge in [0.25, 0.3) is 11.8 Å². The number of imide groups is 1. The number of para-hydroxylation sites is 1. The van der Waals surface area contributed by atoms with Crippen molar-refractivity contribution >= 4 is 23.3 Å². The predicted molar refractivity (Wildman–Crippen MR) is 109 cm³/mol. The van der Waals surface area contributed by atoms with Gasteiger partial charge in [0, 0.05) is 24.2 Å². The van der Waals surface area contributed by atoms with E-state index in [2.05, 4.69) is 5.32 Å². The highest BCUT2D eigenvalue weighted by molar-refractivity contribution is 6.21. The molecule has 2 heterocycles. The van der Waals surface area contributed by atoms with Crippen molar-refractivity contribution < 1.29 is 14.4 Å². The van der Waals surface area contributed by atoms with Crippen LogP contribution in [0.5, 0.6) is 0 Å². The summed E-state index contributed by atoms with van der Waals surface area (Å²) < 4.78 is 0. The molecule has 1 atom stereocenters. The van der Waals surface area contributed by atoms with Crippen LogP contribution in [0.3, 0.4) is 0 Å². The number of ketones is 1. The van der Waals surface area contributed by atoms with Gasteiger partial charge in [0.2, 0.25) is 0 Å². The maximum absolute atomic E-state index is 13.5. The first kappa shape index (κ1) is 17.4. The van der Waals surface area contributed by atoms with Gasteiger partial charge in [-0.1, -0.05) is 54.6 Å². The summed E-state index contributed by atoms with van der Waals surface area (Å²) in [6, 6.07) is 23.7. The third-order valence-electron chi connectivity index (χ3n) is 5.76. The average molecular weight is 382 g/mol. The van der Waals surface area contributed by atoms with Gasteiger partial charge in [0.1, 0.15) is 5.54 Å². The average Bonchev–Trinajstić information content (AvgIpc) is 3.20. The summed E-state index contributed by atoms with van der Waals surface area (Å²) in [6.07, 6.45) is 0.288. The highest BCUT2D eigenvalue weighted by atomic mass is 16.2. The molecule has 0 bridgehead atoms. The fourth-order valence-electron chi connectivity index (χ4n) is 4.27. The molecule has 0 saturated heterocycles. The highest BCUT2D eigenvalue weighted by Gasteiger charge is 2.47. The molecule has 5 nitrogen and oxygen atoms in total. The number of hydrogen-bond donors (Lipinski definition) is 1. The number of fused-ring (bicyclic) bond motifs is 2. The number of amides is 2. The normalized spacial score (nSPS) is 19.9. The van der Waals surface area contributed by atoms with E-state index in [4.69, 9.17) is 0 Å². The van der Waals surface area contributed by atoms with Crippen molar-refractivity contribution in [3.05, 3.63) is 101 Å². The number of hydrogen-bond acceptors (Lipinski definition) is 4. The van der Waals surface area contributed by atoms with E-state index in [1.54, 1.807) is 30.3 Å². The first-order valence-electron chi connectivity index (χ1n) is 9.54. The van der Waals surface area contributed by atoms with Crippen LogP contribution in [0.2, 0.25) is 0 Å². The van der Waals surface area contributed by atoms with Gasteiger partial charge in [0.05, 0.1) is 11.1 Å². The molecule has 0 spiro atoms. The van der Waals surface area contributed by atoms with Crippen molar-refractivity contribution in [3.8, 4) is 0 Å². The fourth-order valence-corrected chi connectivity index (χ4v) is 4.27. The zero-order valence-corrected chi connectivity index (χ0v) is 15.6. The molecule has 5 rings (SSSR count). The molecule has 1 N–H and O–H groups in total. The Morgan fingerprint density at radius 2 is 1.24 bits per heavy atom. The van der Waals surface area contributed by atoms with Crippen LogP contribution in [0.15, 0.2) is 78.9 Å². The van der Waals surface area contributed by atoms with Crippen LogP contribution >= 0.6 is 0 Å². The van der Waals surface area contributed by atoms with Crippen LogP contribution in [0.25, 0.3) is 0 Å². The van der Waals surface area contributed by atoms with Crippen LogP contribution in [-0.2, 0) is 5.54 Å². The molecule has 5 heteroatoms. The molecule has 0 fully saturated rings. The number of nitrogens with one attached hydrogen (secondary N) is 1. The van der Waals surface area contributed by atoms with Gasteiger partial charge in [-0.2, -0.15) is 0 Å². The Morgan fingerprint density at radius 3 is 1.86 bits per heavy atom. The molecule has 3 aromatic carbocycles. The van der Waals surface area contributed by atoms with Crippen molar-refractivity contribution in [1.29, 1.82) is 0 Å². The van der Waals surface area contributed by atoms with Gasteiger partial charge in [-0.15, -0.1) is 0 Å². The molecule has 2 amide bonds. The molecule has 2 aliphatic heterocycles. The Balaban J connectivity index is 1.50. The largest absolute Gasteiger partial charge is 0.368 e. The van der Waals surface area contributed by atoms with E-state index in [1.807, 2.05) is 48.5 Å². The predicted octanol–water partition coefficient (Wildman–Crippen LogP) is 3.88. The number of benzene rings is 3. The maximum atomic E-state index is 13.5. The Hall–Kier alpha value is -3.73. The molecule has 0 aliphatic carbocycles. The van der Waals surface area contributed by atoms with Crippen LogP contribution in [0.4, 0.5) is 5.69 Å². The number of rotatable bonds is 4. The lowest BCUT2D eigenvalue weighted by Gasteiger charge is -2.31. The summed E-state index contributed by atoms with van der Waals surface area (Å²) in [5.41, 5.74) is 2.03. The van der Waals surface area contributed by atoms with E-state index in [0.29, 0.717) is 16.7 Å². The summed E-state index contributed by atoms with van der Waals surface area (Å²) in [5.74, 6) is -0.663. The van der Waals surface area contributed by atoms with Crippen molar-refractivity contribution in [2.24, 2.45) is 0 Å². The standard InChI is InChI=1S/C24H18N2O3/c27-21-19-12-6-7-13-20(19)25-24(21,16-8-2-1-3-9-16)14-15-26-22(28)17-10-4-5-11-18(17)23(26)29/h1-13,25H,14-15H2. The summed E-state index contributed by atoms with van der Waals surface area (Å²) in [4.78, 5) is 40.2. The number of anilines is 1. The molecule has 3 aromatic rings. The Kier molecular flexibility index (Phi) is 3.84. The first-order chi connectivity index (χ1) is 14.1. The molecule has 29 heavy (non-hydrogen) atoms. The van der Waals surface area contributed by atoms with Gasteiger partial charge in [-0.05, 0) is 29.8 Å². The minimum Gasteiger partial charge on any atom is -0.368 e. The molecule has 1 unspecified atom stereocenters. The van der Waals surface area contributed by atoms with Crippen LogP contribution < -0.4 is 5.32 Å². The van der Waals surface area contributed by atoms with Crippen LogP contribution in [0.1, 0.15) is 43.1 Å². The summed E-state index contributed by atoms with van der Waals surface area (Å²) in [5, 5.41) is 3.39. The van der Waals surface area contributed by atoms with Gasteiger partial charge in [0.15, 0.2) is 5.78 Å². The molecular weight excluding hydrogens is 364 g/mol. The van der Waals surface area contributed by atoms with E-state index < -0.39 is 5.54 Å². The van der Waals surface area contributed by atoms with E-state index in [1.165, 1.54) is 4.90 Å². The Morgan fingerprint density at radius 1 is 0.690 bits per heavy atom. The second kappa shape index (κ2) is 6.41. The summed E-state index contributed by atoms with van der Waals surface area (Å²) in [6.45, 7) is 0.147. The summed E-state index contributed by atoms with van der Waals surface area (Å²) >= 11 is 0. The minimum atomic E-state index is -1.01. The van der Waals surface area contributed by atoms with E-state index in [0.717, 1.165) is 11.3 Å². The number of Topliss-reactive ketones (excluding diaryl/α,β-unsaturated/α-hetero) is 1. The van der Waals surface area contributed by atoms with E-state index in [-0.39, 0.29) is 30.6 Å². The second-order valence-electron chi connectivity index (χ2n) is 7.33. The molecule has 142 valence electrons. The second-order valence-corrected chi connectivity index (χ2v) is 7.33. The smallest absolute Gasteiger partial charge is 0.261 e. The summed E-state index contributed by atoms with van der Waals surface area (Å²) in [7, 11) is 0. The van der Waals surface area contributed by atoms with Gasteiger partial charge in [-0.25, -0.2) is 0 Å². The molecule has 0 aromatic heterocycles.